The van der Waals surface area contributed by atoms with Gasteiger partial charge in [-0.05, 0) is 81.8 Å². The average Bonchev–Trinajstić information content (AvgIpc) is 3.57. The fraction of sp³-hybridized carbons (Fsp3) is 0.0638. The van der Waals surface area contributed by atoms with Gasteiger partial charge in [-0.3, -0.25) is 0 Å². The highest BCUT2D eigenvalue weighted by Crippen LogP contribution is 2.41. The number of nitrogens with zero attached hydrogens (tertiary/aromatic N) is 3. The second kappa shape index (κ2) is 12.1. The highest BCUT2D eigenvalue weighted by molar-refractivity contribution is 6.23. The van der Waals surface area contributed by atoms with Crippen molar-refractivity contribution >= 4 is 50.3 Å². The fourth-order valence-electron chi connectivity index (χ4n) is 7.89. The molecule has 51 heavy (non-hydrogen) atoms. The quantitative estimate of drug-likeness (QED) is 0.197. The minimum absolute atomic E-state index is 0.242. The molecule has 0 fully saturated rings. The Kier molecular flexibility index (Phi) is 6.98. The van der Waals surface area contributed by atoms with Gasteiger partial charge in [-0.15, -0.1) is 0 Å². The highest BCUT2D eigenvalue weighted by Gasteiger charge is 2.22. The van der Waals surface area contributed by atoms with E-state index < -0.39 is 0 Å². The van der Waals surface area contributed by atoms with E-state index in [1.807, 2.05) is 24.3 Å². The molecule has 1 aromatic heterocycles. The predicted octanol–water partition coefficient (Wildman–Crippen LogP) is 11.1. The SMILES string of the molecule is C1=Cc2ccc3c(c2CC1)c1c2ccccc2ccc1n3-c1cccc(-c2cccc(C3=NC(c4ccccc4)NC(c4ccccc4)=N3)c2)c1. The number of aromatic nitrogens is 1. The Hall–Kier alpha value is -6.52. The van der Waals surface area contributed by atoms with Crippen molar-refractivity contribution in [1.82, 2.24) is 9.88 Å². The van der Waals surface area contributed by atoms with Gasteiger partial charge in [0.2, 0.25) is 0 Å². The van der Waals surface area contributed by atoms with Crippen LogP contribution in [0.15, 0.2) is 174 Å². The molecule has 242 valence electrons. The van der Waals surface area contributed by atoms with Crippen molar-refractivity contribution in [2.24, 2.45) is 9.98 Å². The van der Waals surface area contributed by atoms with E-state index in [2.05, 4.69) is 155 Å². The van der Waals surface area contributed by atoms with Gasteiger partial charge < -0.3 is 9.88 Å². The smallest absolute Gasteiger partial charge is 0.159 e. The number of fused-ring (bicyclic) bond motifs is 7. The number of rotatable bonds is 5. The molecule has 0 saturated heterocycles. The minimum Gasteiger partial charge on any atom is -0.344 e. The molecule has 0 amide bonds. The first-order chi connectivity index (χ1) is 25.3. The zero-order valence-electron chi connectivity index (χ0n) is 28.0. The summed E-state index contributed by atoms with van der Waals surface area (Å²) >= 11 is 0. The Bertz CT molecular complexity index is 2720. The normalized spacial score (nSPS) is 15.4. The lowest BCUT2D eigenvalue weighted by atomic mass is 9.92. The van der Waals surface area contributed by atoms with Gasteiger partial charge in [-0.2, -0.15) is 0 Å². The van der Waals surface area contributed by atoms with Crippen LogP contribution in [0.4, 0.5) is 0 Å². The molecule has 0 saturated carbocycles. The fourth-order valence-corrected chi connectivity index (χ4v) is 7.89. The molecule has 7 aromatic carbocycles. The van der Waals surface area contributed by atoms with E-state index in [0.717, 1.165) is 52.2 Å². The minimum atomic E-state index is -0.242. The van der Waals surface area contributed by atoms with Crippen LogP contribution in [0.25, 0.3) is 55.5 Å². The zero-order chi connectivity index (χ0) is 33.7. The van der Waals surface area contributed by atoms with E-state index >= 15 is 0 Å². The van der Waals surface area contributed by atoms with Gasteiger partial charge in [-0.1, -0.05) is 140 Å². The van der Waals surface area contributed by atoms with E-state index in [-0.39, 0.29) is 6.17 Å². The van der Waals surface area contributed by atoms with Crippen molar-refractivity contribution in [1.29, 1.82) is 0 Å². The van der Waals surface area contributed by atoms with Crippen molar-refractivity contribution in [3.8, 4) is 16.8 Å². The number of hydrogen-bond acceptors (Lipinski definition) is 3. The summed E-state index contributed by atoms with van der Waals surface area (Å²) in [5, 5.41) is 8.86. The number of amidine groups is 2. The van der Waals surface area contributed by atoms with E-state index in [9.17, 15) is 0 Å². The highest BCUT2D eigenvalue weighted by atomic mass is 15.2. The summed E-state index contributed by atoms with van der Waals surface area (Å²) in [6, 6.07) is 56.2. The Labute approximate surface area is 296 Å². The van der Waals surface area contributed by atoms with Gasteiger partial charge in [0.05, 0.1) is 11.0 Å². The van der Waals surface area contributed by atoms with Crippen molar-refractivity contribution in [3.05, 3.63) is 192 Å². The summed E-state index contributed by atoms with van der Waals surface area (Å²) in [4.78, 5) is 10.2. The summed E-state index contributed by atoms with van der Waals surface area (Å²) in [7, 11) is 0. The Morgan fingerprint density at radius 2 is 1.29 bits per heavy atom. The van der Waals surface area contributed by atoms with Crippen LogP contribution in [0.3, 0.4) is 0 Å². The van der Waals surface area contributed by atoms with Crippen molar-refractivity contribution in [2.75, 3.05) is 0 Å². The molecule has 0 spiro atoms. The van der Waals surface area contributed by atoms with Crippen molar-refractivity contribution in [2.45, 2.75) is 19.0 Å². The van der Waals surface area contributed by atoms with Crippen LogP contribution in [-0.4, -0.2) is 16.2 Å². The molecule has 1 aliphatic heterocycles. The second-order valence-electron chi connectivity index (χ2n) is 13.4. The third-order valence-electron chi connectivity index (χ3n) is 10.3. The molecule has 0 radical (unpaired) electrons. The first kappa shape index (κ1) is 29.4. The first-order valence-electron chi connectivity index (χ1n) is 17.7. The lowest BCUT2D eigenvalue weighted by molar-refractivity contribution is 0.674. The molecule has 1 atom stereocenters. The Balaban J connectivity index is 1.11. The number of allylic oxidation sites excluding steroid dienone is 1. The molecule has 8 aromatic rings. The lowest BCUT2D eigenvalue weighted by Gasteiger charge is -2.23. The van der Waals surface area contributed by atoms with Crippen LogP contribution in [-0.2, 0) is 6.42 Å². The third-order valence-corrected chi connectivity index (χ3v) is 10.3. The topological polar surface area (TPSA) is 41.7 Å². The van der Waals surface area contributed by atoms with Gasteiger partial charge in [-0.25, -0.2) is 9.98 Å². The molecule has 2 heterocycles. The number of aliphatic imine (C=N–C) groups is 2. The van der Waals surface area contributed by atoms with Crippen LogP contribution in [0.2, 0.25) is 0 Å². The molecular weight excluding hydrogens is 621 g/mol. The van der Waals surface area contributed by atoms with Crippen LogP contribution in [0.5, 0.6) is 0 Å². The van der Waals surface area contributed by atoms with E-state index in [0.29, 0.717) is 5.84 Å². The van der Waals surface area contributed by atoms with Crippen LogP contribution >= 0.6 is 0 Å². The molecule has 0 bridgehead atoms. The average molecular weight is 655 g/mol. The molecule has 4 heteroatoms. The summed E-state index contributed by atoms with van der Waals surface area (Å²) in [6.07, 6.45) is 6.47. The van der Waals surface area contributed by atoms with Crippen LogP contribution in [0.1, 0.15) is 40.4 Å². The van der Waals surface area contributed by atoms with Crippen LogP contribution < -0.4 is 5.32 Å². The molecule has 10 rings (SSSR count). The molecule has 1 aliphatic carbocycles. The predicted molar refractivity (Wildman–Crippen MR) is 213 cm³/mol. The van der Waals surface area contributed by atoms with Crippen molar-refractivity contribution in [3.63, 3.8) is 0 Å². The number of benzene rings is 7. The molecule has 1 N–H and O–H groups in total. The summed E-state index contributed by atoms with van der Waals surface area (Å²) in [5.74, 6) is 1.53. The van der Waals surface area contributed by atoms with E-state index in [4.69, 9.17) is 9.98 Å². The van der Waals surface area contributed by atoms with Gasteiger partial charge in [0.25, 0.3) is 0 Å². The Morgan fingerprint density at radius 3 is 2.18 bits per heavy atom. The van der Waals surface area contributed by atoms with Gasteiger partial charge in [0.15, 0.2) is 5.84 Å². The van der Waals surface area contributed by atoms with Gasteiger partial charge in [0.1, 0.15) is 12.0 Å². The zero-order valence-corrected chi connectivity index (χ0v) is 28.0. The van der Waals surface area contributed by atoms with Gasteiger partial charge >= 0.3 is 0 Å². The maximum absolute atomic E-state index is 5.13. The third kappa shape index (κ3) is 5.07. The standard InChI is InChI=1S/C47H34N4/c1-3-15-33(16-4-1)45-48-46(34-17-5-2-6-18-34)50-47(49-45)37-21-11-19-35(29-37)36-20-12-22-38(30-36)51-41-27-25-31-13-7-9-23-39(31)43(41)44-40-24-10-8-14-32(40)26-28-42(44)51/h1-9,11-23,25-30,45H,10,24H2,(H,48,49,50). The largest absolute Gasteiger partial charge is 0.344 e. The first-order valence-corrected chi connectivity index (χ1v) is 17.7. The number of aryl methyl sites for hydroxylation is 1. The summed E-state index contributed by atoms with van der Waals surface area (Å²) in [5.41, 5.74) is 11.8. The monoisotopic (exact) mass is 654 g/mol. The molecule has 2 aliphatic rings. The van der Waals surface area contributed by atoms with Crippen LogP contribution in [0, 0.1) is 0 Å². The van der Waals surface area contributed by atoms with E-state index in [1.54, 1.807) is 0 Å². The molecular formula is C47H34N4. The molecule has 4 nitrogen and oxygen atoms in total. The van der Waals surface area contributed by atoms with Crippen molar-refractivity contribution < 1.29 is 0 Å². The second-order valence-corrected chi connectivity index (χ2v) is 13.4. The summed E-state index contributed by atoms with van der Waals surface area (Å²) < 4.78 is 2.46. The van der Waals surface area contributed by atoms with E-state index in [1.165, 1.54) is 43.7 Å². The number of hydrogen-bond donors (Lipinski definition) is 1. The maximum atomic E-state index is 5.13. The Morgan fingerprint density at radius 1 is 0.588 bits per heavy atom. The number of nitrogens with one attached hydrogen (secondary N) is 1. The van der Waals surface area contributed by atoms with Gasteiger partial charge in [0, 0.05) is 27.6 Å². The lowest BCUT2D eigenvalue weighted by Crippen LogP contribution is -2.33. The maximum Gasteiger partial charge on any atom is 0.159 e. The molecule has 1 unspecified atom stereocenters. The summed E-state index contributed by atoms with van der Waals surface area (Å²) in [6.45, 7) is 0.